The predicted molar refractivity (Wildman–Crippen MR) is 127 cm³/mol. The number of ether oxygens (including phenoxy) is 1. The van der Waals surface area contributed by atoms with Crippen molar-refractivity contribution in [3.63, 3.8) is 0 Å². The van der Waals surface area contributed by atoms with E-state index in [2.05, 4.69) is 10.6 Å². The van der Waals surface area contributed by atoms with E-state index in [0.29, 0.717) is 31.9 Å². The second-order valence-electron chi connectivity index (χ2n) is 9.29. The number of likely N-dealkylation sites (tertiary alicyclic amines) is 1. The molecule has 1 aromatic carbocycles. The molecule has 0 aromatic heterocycles. The first-order valence-corrected chi connectivity index (χ1v) is 12.5. The van der Waals surface area contributed by atoms with Gasteiger partial charge in [0.1, 0.15) is 0 Å². The van der Waals surface area contributed by atoms with Gasteiger partial charge >= 0.3 is 5.97 Å². The molecule has 0 spiro atoms. The third-order valence-corrected chi connectivity index (χ3v) is 6.84. The summed E-state index contributed by atoms with van der Waals surface area (Å²) in [6.07, 6.45) is 5.92. The molecule has 0 radical (unpaired) electrons. The van der Waals surface area contributed by atoms with Gasteiger partial charge in [0.2, 0.25) is 11.8 Å². The first-order chi connectivity index (χ1) is 16.1. The van der Waals surface area contributed by atoms with E-state index in [1.807, 2.05) is 35.2 Å². The maximum Gasteiger partial charge on any atom is 0.311 e. The highest BCUT2D eigenvalue weighted by Crippen LogP contribution is 2.22. The largest absolute Gasteiger partial charge is 0.466 e. The first-order valence-electron chi connectivity index (χ1n) is 12.5. The summed E-state index contributed by atoms with van der Waals surface area (Å²) in [4.78, 5) is 40.0. The van der Waals surface area contributed by atoms with Gasteiger partial charge in [-0.25, -0.2) is 0 Å². The maximum atomic E-state index is 12.9. The molecule has 2 aliphatic heterocycles. The van der Waals surface area contributed by atoms with Crippen molar-refractivity contribution < 1.29 is 19.1 Å². The van der Waals surface area contributed by atoms with Gasteiger partial charge in [-0.1, -0.05) is 30.3 Å². The van der Waals surface area contributed by atoms with Crippen LogP contribution >= 0.6 is 0 Å². The molecule has 2 amide bonds. The molecule has 33 heavy (non-hydrogen) atoms. The van der Waals surface area contributed by atoms with Crippen LogP contribution in [0.2, 0.25) is 0 Å². The predicted octanol–water partition coefficient (Wildman–Crippen LogP) is 2.54. The Balaban J connectivity index is 1.48. The van der Waals surface area contributed by atoms with E-state index < -0.39 is 5.92 Å². The Bertz CT molecular complexity index is 764. The summed E-state index contributed by atoms with van der Waals surface area (Å²) in [5.41, 5.74) is 1.04. The highest BCUT2D eigenvalue weighted by atomic mass is 16.5. The molecule has 1 aromatic rings. The lowest BCUT2D eigenvalue weighted by Gasteiger charge is -2.33. The summed E-state index contributed by atoms with van der Waals surface area (Å²) >= 11 is 0. The highest BCUT2D eigenvalue weighted by molar-refractivity contribution is 5.82. The smallest absolute Gasteiger partial charge is 0.311 e. The Labute approximate surface area is 197 Å². The molecule has 0 bridgehead atoms. The molecule has 2 aliphatic rings. The van der Waals surface area contributed by atoms with E-state index in [-0.39, 0.29) is 30.2 Å². The Morgan fingerprint density at radius 2 is 1.91 bits per heavy atom. The standard InChI is InChI=1S/C26H39N3O4/c1-2-33-26(32)23(17-21-7-4-3-5-8-21)18-28-25(31)22-9-6-16-29(19-22)24(30)11-10-20-12-14-27-15-13-20/h3-5,7-8,20,22-23,27H,2,6,9-19H2,1H3,(H,28,31)/t22-,23?/m1/s1. The lowest BCUT2D eigenvalue weighted by Crippen LogP contribution is -2.46. The van der Waals surface area contributed by atoms with Crippen LogP contribution in [0.25, 0.3) is 0 Å². The van der Waals surface area contributed by atoms with Crippen molar-refractivity contribution in [2.75, 3.05) is 39.3 Å². The van der Waals surface area contributed by atoms with Crippen molar-refractivity contribution in [1.82, 2.24) is 15.5 Å². The fourth-order valence-electron chi connectivity index (χ4n) is 4.84. The minimum atomic E-state index is -0.428. The number of rotatable bonds is 10. The van der Waals surface area contributed by atoms with Crippen LogP contribution in [-0.4, -0.2) is 62.0 Å². The number of carbonyl (C=O) groups excluding carboxylic acids is 3. The number of hydrogen-bond acceptors (Lipinski definition) is 5. The molecule has 3 rings (SSSR count). The summed E-state index contributed by atoms with van der Waals surface area (Å²) in [7, 11) is 0. The van der Waals surface area contributed by atoms with Crippen LogP contribution in [0.15, 0.2) is 30.3 Å². The van der Waals surface area contributed by atoms with E-state index in [1.54, 1.807) is 6.92 Å². The average Bonchev–Trinajstić information content (AvgIpc) is 2.86. The van der Waals surface area contributed by atoms with E-state index in [0.717, 1.165) is 57.3 Å². The lowest BCUT2D eigenvalue weighted by atomic mass is 9.92. The molecule has 2 fully saturated rings. The molecular weight excluding hydrogens is 418 g/mol. The molecular formula is C26H39N3O4. The summed E-state index contributed by atoms with van der Waals surface area (Å²) < 4.78 is 5.23. The number of amides is 2. The minimum absolute atomic E-state index is 0.0757. The number of hydrogen-bond donors (Lipinski definition) is 2. The van der Waals surface area contributed by atoms with Crippen molar-refractivity contribution in [2.45, 2.75) is 51.9 Å². The highest BCUT2D eigenvalue weighted by Gasteiger charge is 2.30. The zero-order valence-electron chi connectivity index (χ0n) is 19.9. The van der Waals surface area contributed by atoms with Crippen LogP contribution in [0.1, 0.15) is 51.0 Å². The van der Waals surface area contributed by atoms with Crippen LogP contribution < -0.4 is 10.6 Å². The van der Waals surface area contributed by atoms with Gasteiger partial charge in [0.25, 0.3) is 0 Å². The molecule has 7 nitrogen and oxygen atoms in total. The van der Waals surface area contributed by atoms with Crippen molar-refractivity contribution in [3.05, 3.63) is 35.9 Å². The van der Waals surface area contributed by atoms with E-state index in [1.165, 1.54) is 0 Å². The van der Waals surface area contributed by atoms with Gasteiger partial charge in [-0.05, 0) is 70.0 Å². The fraction of sp³-hybridized carbons (Fsp3) is 0.654. The van der Waals surface area contributed by atoms with Crippen molar-refractivity contribution in [1.29, 1.82) is 0 Å². The van der Waals surface area contributed by atoms with Crippen LogP contribution in [0.3, 0.4) is 0 Å². The van der Waals surface area contributed by atoms with Gasteiger partial charge in [-0.3, -0.25) is 14.4 Å². The number of nitrogens with one attached hydrogen (secondary N) is 2. The van der Waals surface area contributed by atoms with Crippen LogP contribution in [0, 0.1) is 17.8 Å². The van der Waals surface area contributed by atoms with Crippen LogP contribution in [0.5, 0.6) is 0 Å². The summed E-state index contributed by atoms with van der Waals surface area (Å²) in [6, 6.07) is 9.77. The number of nitrogens with zero attached hydrogens (tertiary/aromatic N) is 1. The van der Waals surface area contributed by atoms with Gasteiger partial charge in [-0.2, -0.15) is 0 Å². The van der Waals surface area contributed by atoms with Gasteiger partial charge in [0, 0.05) is 26.1 Å². The lowest BCUT2D eigenvalue weighted by molar-refractivity contribution is -0.148. The molecule has 2 heterocycles. The van der Waals surface area contributed by atoms with Crippen molar-refractivity contribution in [3.8, 4) is 0 Å². The van der Waals surface area contributed by atoms with Gasteiger partial charge in [0.05, 0.1) is 18.4 Å². The molecule has 182 valence electrons. The second-order valence-corrected chi connectivity index (χ2v) is 9.29. The summed E-state index contributed by atoms with van der Waals surface area (Å²) in [6.45, 7) is 5.63. The Kier molecular flexibility index (Phi) is 10.2. The number of benzene rings is 1. The van der Waals surface area contributed by atoms with Crippen molar-refractivity contribution in [2.24, 2.45) is 17.8 Å². The normalized spacial score (nSPS) is 20.2. The Morgan fingerprint density at radius 3 is 2.64 bits per heavy atom. The summed E-state index contributed by atoms with van der Waals surface area (Å²) in [5, 5.41) is 6.33. The van der Waals surface area contributed by atoms with Crippen LogP contribution in [-0.2, 0) is 25.5 Å². The molecule has 7 heteroatoms. The second kappa shape index (κ2) is 13.3. The molecule has 2 N–H and O–H groups in total. The topological polar surface area (TPSA) is 87.7 Å². The van der Waals surface area contributed by atoms with Gasteiger partial charge < -0.3 is 20.3 Å². The zero-order valence-corrected chi connectivity index (χ0v) is 19.9. The Hall–Kier alpha value is -2.41. The third kappa shape index (κ3) is 8.14. The Morgan fingerprint density at radius 1 is 1.15 bits per heavy atom. The molecule has 0 aliphatic carbocycles. The molecule has 2 atom stereocenters. The number of piperidine rings is 2. The number of carbonyl (C=O) groups is 3. The van der Waals surface area contributed by atoms with E-state index >= 15 is 0 Å². The number of esters is 1. The molecule has 2 saturated heterocycles. The van der Waals surface area contributed by atoms with Gasteiger partial charge in [-0.15, -0.1) is 0 Å². The van der Waals surface area contributed by atoms with Gasteiger partial charge in [0.15, 0.2) is 0 Å². The van der Waals surface area contributed by atoms with Crippen LogP contribution in [0.4, 0.5) is 0 Å². The zero-order chi connectivity index (χ0) is 23.5. The average molecular weight is 458 g/mol. The van der Waals surface area contributed by atoms with E-state index in [9.17, 15) is 14.4 Å². The summed E-state index contributed by atoms with van der Waals surface area (Å²) in [5.74, 6) is -0.222. The van der Waals surface area contributed by atoms with Crippen molar-refractivity contribution >= 4 is 17.8 Å². The van der Waals surface area contributed by atoms with E-state index in [4.69, 9.17) is 4.74 Å². The molecule has 0 saturated carbocycles. The fourth-order valence-corrected chi connectivity index (χ4v) is 4.84. The molecule has 1 unspecified atom stereocenters. The monoisotopic (exact) mass is 457 g/mol. The maximum absolute atomic E-state index is 12.9. The first kappa shape index (κ1) is 25.2. The quantitative estimate of drug-likeness (QED) is 0.527. The third-order valence-electron chi connectivity index (χ3n) is 6.84. The minimum Gasteiger partial charge on any atom is -0.466 e. The SMILES string of the molecule is CCOC(=O)C(CNC(=O)[C@@H]1CCCN(C(=O)CCC2CCNCC2)C1)Cc1ccccc1.